The number of azide groups is 1. The van der Waals surface area contributed by atoms with Crippen LogP contribution in [0.2, 0.25) is 5.04 Å². The van der Waals surface area contributed by atoms with E-state index >= 15 is 0 Å². The van der Waals surface area contributed by atoms with Gasteiger partial charge in [-0.3, -0.25) is 14.3 Å². The van der Waals surface area contributed by atoms with E-state index in [0.29, 0.717) is 35.9 Å². The molecule has 2 heterocycles. The van der Waals surface area contributed by atoms with Crippen molar-refractivity contribution in [2.75, 3.05) is 27.4 Å². The molecule has 57 heavy (non-hydrogen) atoms. The normalized spacial score (nSPS) is 18.7. The summed E-state index contributed by atoms with van der Waals surface area (Å²) < 4.78 is 34.3. The number of H-pyrrole nitrogens is 1. The molecule has 3 aromatic carbocycles. The molecular weight excluding hydrogens is 739 g/mol. The summed E-state index contributed by atoms with van der Waals surface area (Å²) in [6.45, 7) is 11.1. The second-order valence-corrected chi connectivity index (χ2v) is 18.1. The lowest BCUT2D eigenvalue weighted by atomic mass is 9.79. The molecule has 1 aliphatic heterocycles. The Hall–Kier alpha value is -4.91. The van der Waals surface area contributed by atoms with Gasteiger partial charge in [0.1, 0.15) is 28.9 Å². The number of allylic oxidation sites excluding steroid dienone is 1. The van der Waals surface area contributed by atoms with Crippen LogP contribution in [0.5, 0.6) is 11.5 Å². The van der Waals surface area contributed by atoms with Crippen molar-refractivity contribution in [2.45, 2.75) is 95.3 Å². The number of benzene rings is 3. The van der Waals surface area contributed by atoms with Gasteiger partial charge in [0, 0.05) is 29.6 Å². The van der Waals surface area contributed by atoms with Gasteiger partial charge in [-0.15, -0.1) is 0 Å². The molecule has 0 spiro atoms. The molecule has 1 saturated heterocycles. The van der Waals surface area contributed by atoms with Gasteiger partial charge in [0.15, 0.2) is 9.76 Å². The topological polar surface area (TPSA) is 150 Å². The Kier molecular flexibility index (Phi) is 14.8. The quantitative estimate of drug-likeness (QED) is 0.0180. The van der Waals surface area contributed by atoms with Crippen LogP contribution in [0.1, 0.15) is 88.3 Å². The van der Waals surface area contributed by atoms with Crippen LogP contribution in [0.4, 0.5) is 0 Å². The van der Waals surface area contributed by atoms with Crippen molar-refractivity contribution >= 4 is 9.76 Å². The highest BCUT2D eigenvalue weighted by Crippen LogP contribution is 2.47. The Morgan fingerprint density at radius 2 is 1.58 bits per heavy atom. The van der Waals surface area contributed by atoms with Crippen LogP contribution in [0.15, 0.2) is 112 Å². The number of nitrogens with zero attached hydrogens (tertiary/aromatic N) is 4. The zero-order valence-corrected chi connectivity index (χ0v) is 35.7. The fraction of sp³-hybridized carbons (Fsp3) is 0.455. The number of hydrogen-bond donors (Lipinski definition) is 1. The van der Waals surface area contributed by atoms with Crippen LogP contribution in [0.3, 0.4) is 0 Å². The molecule has 5 rings (SSSR count). The highest BCUT2D eigenvalue weighted by molar-refractivity contribution is 6.32. The number of ether oxygens (including phenoxy) is 4. The molecule has 13 heteroatoms. The van der Waals surface area contributed by atoms with Crippen molar-refractivity contribution in [3.63, 3.8) is 0 Å². The van der Waals surface area contributed by atoms with E-state index < -0.39 is 44.5 Å². The number of hydrogen-bond acceptors (Lipinski definition) is 8. The number of methoxy groups -OCH3 is 2. The number of aryl methyl sites for hydroxylation is 1. The van der Waals surface area contributed by atoms with Crippen molar-refractivity contribution < 1.29 is 23.4 Å². The number of nitrogens with one attached hydrogen (secondary N) is 1. The van der Waals surface area contributed by atoms with Crippen LogP contribution >= 0.6 is 0 Å². The summed E-state index contributed by atoms with van der Waals surface area (Å²) in [6, 6.07) is 25.9. The first kappa shape index (κ1) is 43.2. The first-order chi connectivity index (χ1) is 27.4. The lowest BCUT2D eigenvalue weighted by molar-refractivity contribution is -0.133. The van der Waals surface area contributed by atoms with Crippen LogP contribution in [0.25, 0.3) is 10.4 Å². The summed E-state index contributed by atoms with van der Waals surface area (Å²) in [5, 5.41) is 3.64. The molecule has 4 aromatic rings. The van der Waals surface area contributed by atoms with E-state index in [9.17, 15) is 9.59 Å². The molecule has 0 bridgehead atoms. The van der Waals surface area contributed by atoms with Crippen molar-refractivity contribution in [2.24, 2.45) is 11.0 Å². The Morgan fingerprint density at radius 1 is 0.965 bits per heavy atom. The molecule has 304 valence electrons. The van der Waals surface area contributed by atoms with Gasteiger partial charge in [-0.1, -0.05) is 106 Å². The fourth-order valence-electron chi connectivity index (χ4n) is 6.99. The van der Waals surface area contributed by atoms with Gasteiger partial charge in [-0.05, 0) is 83.6 Å². The van der Waals surface area contributed by atoms with E-state index in [1.165, 1.54) is 4.57 Å². The van der Waals surface area contributed by atoms with E-state index in [1.54, 1.807) is 27.3 Å². The fourth-order valence-corrected chi connectivity index (χ4v) is 8.37. The Labute approximate surface area is 337 Å². The van der Waals surface area contributed by atoms with Crippen LogP contribution < -0.4 is 20.7 Å². The molecule has 1 N–H and O–H groups in total. The zero-order chi connectivity index (χ0) is 41.1. The predicted molar refractivity (Wildman–Crippen MR) is 226 cm³/mol. The van der Waals surface area contributed by atoms with E-state index in [1.807, 2.05) is 66.7 Å². The molecule has 0 unspecified atom stereocenters. The Balaban J connectivity index is 1.67. The maximum atomic E-state index is 13.4. The minimum atomic E-state index is -1.18. The molecule has 1 aliphatic rings. The van der Waals surface area contributed by atoms with Gasteiger partial charge in [0.25, 0.3) is 5.56 Å². The van der Waals surface area contributed by atoms with Gasteiger partial charge < -0.3 is 23.4 Å². The minimum absolute atomic E-state index is 0.0360. The Bertz CT molecular complexity index is 2050. The molecule has 1 aromatic heterocycles. The smallest absolute Gasteiger partial charge is 0.330 e. The maximum absolute atomic E-state index is 13.4. The molecule has 0 saturated carbocycles. The number of aromatic nitrogens is 2. The standard InChI is InChI=1S/C44H57N5O7Si/c1-31(2)42(4,5)57-56-38-28-39(49-29-32(3)40(50)47-41(49)51)55-43(38,26-14-9-8-10-15-27-46-48-45)30-54-44(33-16-12-11-13-17-33,34-18-22-36(52-6)23-19-34)35-20-24-37(53-7)25-21-35/h11-14,16-26,29,31,38-39H,8-10,15,27-28,30,57H2,1-7H3,(H,47,50,51)/t38-,39+,43+/m0/s1. The van der Waals surface area contributed by atoms with Crippen molar-refractivity contribution in [1.82, 2.24) is 9.55 Å². The largest absolute Gasteiger partial charge is 0.497 e. The second kappa shape index (κ2) is 19.5. The predicted octanol–water partition coefficient (Wildman–Crippen LogP) is 8.28. The molecule has 1 fully saturated rings. The van der Waals surface area contributed by atoms with Crippen molar-refractivity contribution in [3.05, 3.63) is 151 Å². The summed E-state index contributed by atoms with van der Waals surface area (Å²) >= 11 is 0. The average molecular weight is 796 g/mol. The van der Waals surface area contributed by atoms with Gasteiger partial charge in [0.2, 0.25) is 0 Å². The lowest BCUT2D eigenvalue weighted by Crippen LogP contribution is -2.48. The van der Waals surface area contributed by atoms with E-state index in [2.05, 4.69) is 67.0 Å². The maximum Gasteiger partial charge on any atom is 0.330 e. The number of aromatic amines is 1. The zero-order valence-electron chi connectivity index (χ0n) is 34.3. The van der Waals surface area contributed by atoms with Crippen LogP contribution in [-0.2, 0) is 19.5 Å². The molecule has 0 aliphatic carbocycles. The SMILES string of the molecule is COc1ccc(C(OC[C@@]2(C=CCCCCCN=[N+]=[N-])O[C@@H](n3cc(C)c(=O)[nH]c3=O)C[C@@H]2O[SiH2]C(C)(C)C(C)C)(c2ccccc2)c2ccc(OC)cc2)cc1. The first-order valence-electron chi connectivity index (χ1n) is 19.7. The first-order valence-corrected chi connectivity index (χ1v) is 21.0. The average Bonchev–Trinajstić information content (AvgIpc) is 3.58. The Morgan fingerprint density at radius 3 is 2.16 bits per heavy atom. The molecule has 12 nitrogen and oxygen atoms in total. The second-order valence-electron chi connectivity index (χ2n) is 15.7. The van der Waals surface area contributed by atoms with Crippen LogP contribution in [0, 0.1) is 12.8 Å². The summed E-state index contributed by atoms with van der Waals surface area (Å²) in [5.74, 6) is 1.81. The van der Waals surface area contributed by atoms with Gasteiger partial charge in [-0.25, -0.2) is 4.79 Å². The van der Waals surface area contributed by atoms with E-state index in [4.69, 9.17) is 28.9 Å². The van der Waals surface area contributed by atoms with Gasteiger partial charge >= 0.3 is 5.69 Å². The van der Waals surface area contributed by atoms with Gasteiger partial charge in [-0.2, -0.15) is 0 Å². The van der Waals surface area contributed by atoms with E-state index in [0.717, 1.165) is 42.4 Å². The van der Waals surface area contributed by atoms with E-state index in [-0.39, 0.29) is 11.6 Å². The minimum Gasteiger partial charge on any atom is -0.497 e. The summed E-state index contributed by atoms with van der Waals surface area (Å²) in [6.07, 6.45) is 8.15. The number of unbranched alkanes of at least 4 members (excludes halogenated alkanes) is 3. The molecule has 3 atom stereocenters. The van der Waals surface area contributed by atoms with Crippen molar-refractivity contribution in [3.8, 4) is 11.5 Å². The third-order valence-corrected chi connectivity index (χ3v) is 13.4. The summed E-state index contributed by atoms with van der Waals surface area (Å²) in [7, 11) is 2.11. The summed E-state index contributed by atoms with van der Waals surface area (Å²) in [4.78, 5) is 31.2. The summed E-state index contributed by atoms with van der Waals surface area (Å²) in [5.41, 5.74) is 8.44. The van der Waals surface area contributed by atoms with Crippen LogP contribution in [-0.4, -0.2) is 58.4 Å². The van der Waals surface area contributed by atoms with Gasteiger partial charge in [0.05, 0.1) is 26.9 Å². The third-order valence-electron chi connectivity index (χ3n) is 11.3. The molecule has 0 radical (unpaired) electrons. The number of rotatable bonds is 20. The monoisotopic (exact) mass is 795 g/mol. The van der Waals surface area contributed by atoms with Crippen molar-refractivity contribution in [1.29, 1.82) is 0 Å². The highest BCUT2D eigenvalue weighted by atomic mass is 28.2. The lowest BCUT2D eigenvalue weighted by Gasteiger charge is -2.41. The molecule has 0 amide bonds. The highest BCUT2D eigenvalue weighted by Gasteiger charge is 2.52. The third kappa shape index (κ3) is 10.2. The molecular formula is C44H57N5O7Si.